The molecule has 1 aromatic carbocycles. The molecule has 0 unspecified atom stereocenters. The number of imidazole rings is 1. The number of halogens is 2. The Hall–Kier alpha value is -3.82. The number of anilines is 1. The SMILES string of the molecule is C[C@@H]1CCC[C@H](C)N1CCNC(=O)c1ccc(F)c(NC(=O)c2cnc3cc(-c4cccnc4)ccn23)c1.Cl. The van der Waals surface area contributed by atoms with E-state index in [0.29, 0.717) is 24.3 Å². The zero-order valence-corrected chi connectivity index (χ0v) is 22.7. The number of hydrogen-bond donors (Lipinski definition) is 2. The van der Waals surface area contributed by atoms with Crippen molar-refractivity contribution in [1.82, 2.24) is 24.6 Å². The summed E-state index contributed by atoms with van der Waals surface area (Å²) in [5.41, 5.74) is 2.88. The molecule has 204 valence electrons. The van der Waals surface area contributed by atoms with Gasteiger partial charge in [0, 0.05) is 54.9 Å². The van der Waals surface area contributed by atoms with E-state index < -0.39 is 11.7 Å². The highest BCUT2D eigenvalue weighted by Crippen LogP contribution is 2.23. The van der Waals surface area contributed by atoms with Gasteiger partial charge < -0.3 is 10.6 Å². The molecule has 1 aliphatic rings. The van der Waals surface area contributed by atoms with E-state index in [0.717, 1.165) is 30.5 Å². The summed E-state index contributed by atoms with van der Waals surface area (Å²) in [7, 11) is 0. The third-order valence-corrected chi connectivity index (χ3v) is 7.25. The molecule has 3 aromatic heterocycles. The Bertz CT molecular complexity index is 1450. The Morgan fingerprint density at radius 2 is 1.82 bits per heavy atom. The van der Waals surface area contributed by atoms with E-state index in [1.54, 1.807) is 23.0 Å². The van der Waals surface area contributed by atoms with Gasteiger partial charge in [-0.25, -0.2) is 9.37 Å². The number of fused-ring (bicyclic) bond motifs is 1. The lowest BCUT2D eigenvalue weighted by atomic mass is 9.98. The lowest BCUT2D eigenvalue weighted by molar-refractivity contribution is 0.0888. The Morgan fingerprint density at radius 1 is 1.03 bits per heavy atom. The number of hydrogen-bond acceptors (Lipinski definition) is 5. The van der Waals surface area contributed by atoms with Crippen molar-refractivity contribution >= 4 is 35.6 Å². The van der Waals surface area contributed by atoms with E-state index in [-0.39, 0.29) is 35.3 Å². The fourth-order valence-electron chi connectivity index (χ4n) is 5.13. The highest BCUT2D eigenvalue weighted by atomic mass is 35.5. The predicted molar refractivity (Wildman–Crippen MR) is 152 cm³/mol. The molecule has 0 saturated carbocycles. The molecule has 0 radical (unpaired) electrons. The second-order valence-electron chi connectivity index (χ2n) is 9.80. The summed E-state index contributed by atoms with van der Waals surface area (Å²) in [6.07, 6.45) is 10.2. The van der Waals surface area contributed by atoms with Crippen molar-refractivity contribution in [3.05, 3.63) is 84.3 Å². The number of carbonyl (C=O) groups excluding carboxylic acids is 2. The zero-order chi connectivity index (χ0) is 26.6. The number of carbonyl (C=O) groups is 2. The van der Waals surface area contributed by atoms with Gasteiger partial charge in [-0.1, -0.05) is 12.5 Å². The molecule has 4 heterocycles. The van der Waals surface area contributed by atoms with Crippen molar-refractivity contribution in [1.29, 1.82) is 0 Å². The van der Waals surface area contributed by atoms with Crippen LogP contribution >= 0.6 is 12.4 Å². The van der Waals surface area contributed by atoms with Crippen LogP contribution in [0.4, 0.5) is 10.1 Å². The van der Waals surface area contributed by atoms with Crippen LogP contribution in [0.15, 0.2) is 67.3 Å². The first kappa shape index (κ1) is 28.2. The molecule has 2 atom stereocenters. The summed E-state index contributed by atoms with van der Waals surface area (Å²) in [4.78, 5) is 36.7. The van der Waals surface area contributed by atoms with Gasteiger partial charge in [-0.2, -0.15) is 0 Å². The van der Waals surface area contributed by atoms with E-state index in [1.807, 2.05) is 24.3 Å². The molecule has 0 spiro atoms. The summed E-state index contributed by atoms with van der Waals surface area (Å²) in [5.74, 6) is -1.47. The fourth-order valence-corrected chi connectivity index (χ4v) is 5.13. The molecular formula is C29H32ClFN6O2. The summed E-state index contributed by atoms with van der Waals surface area (Å²) in [6, 6.07) is 12.4. The smallest absolute Gasteiger partial charge is 0.274 e. The van der Waals surface area contributed by atoms with Crippen LogP contribution in [0.3, 0.4) is 0 Å². The summed E-state index contributed by atoms with van der Waals surface area (Å²) in [5, 5.41) is 5.52. The van der Waals surface area contributed by atoms with Crippen molar-refractivity contribution in [3.8, 4) is 11.1 Å². The molecule has 10 heteroatoms. The minimum Gasteiger partial charge on any atom is -0.351 e. The molecule has 1 fully saturated rings. The zero-order valence-electron chi connectivity index (χ0n) is 21.9. The normalized spacial score (nSPS) is 17.4. The first-order chi connectivity index (χ1) is 18.4. The molecule has 5 rings (SSSR count). The number of rotatable bonds is 7. The molecular weight excluding hydrogens is 519 g/mol. The van der Waals surface area contributed by atoms with Crippen LogP contribution in [-0.2, 0) is 0 Å². The quantitative estimate of drug-likeness (QED) is 0.330. The van der Waals surface area contributed by atoms with Crippen molar-refractivity contribution in [2.45, 2.75) is 45.2 Å². The van der Waals surface area contributed by atoms with Crippen LogP contribution in [0, 0.1) is 5.82 Å². The Morgan fingerprint density at radius 3 is 2.56 bits per heavy atom. The number of piperidine rings is 1. The highest BCUT2D eigenvalue weighted by Gasteiger charge is 2.24. The van der Waals surface area contributed by atoms with Gasteiger partial charge in [0.2, 0.25) is 0 Å². The monoisotopic (exact) mass is 550 g/mol. The number of pyridine rings is 2. The van der Waals surface area contributed by atoms with Crippen LogP contribution < -0.4 is 10.6 Å². The first-order valence-electron chi connectivity index (χ1n) is 12.9. The molecule has 2 amide bonds. The Labute approximate surface area is 233 Å². The van der Waals surface area contributed by atoms with E-state index >= 15 is 0 Å². The number of likely N-dealkylation sites (tertiary alicyclic amines) is 1. The molecule has 39 heavy (non-hydrogen) atoms. The molecule has 0 aliphatic carbocycles. The van der Waals surface area contributed by atoms with Crippen molar-refractivity contribution in [2.75, 3.05) is 18.4 Å². The van der Waals surface area contributed by atoms with E-state index in [1.165, 1.54) is 30.8 Å². The maximum Gasteiger partial charge on any atom is 0.274 e. The maximum atomic E-state index is 14.6. The summed E-state index contributed by atoms with van der Waals surface area (Å²) < 4.78 is 16.2. The average molecular weight is 551 g/mol. The minimum atomic E-state index is -0.626. The topological polar surface area (TPSA) is 91.6 Å². The molecule has 2 N–H and O–H groups in total. The van der Waals surface area contributed by atoms with Crippen LogP contribution in [0.5, 0.6) is 0 Å². The Kier molecular flexibility index (Phi) is 8.93. The number of aromatic nitrogens is 3. The van der Waals surface area contributed by atoms with Crippen molar-refractivity contribution in [3.63, 3.8) is 0 Å². The fraction of sp³-hybridized carbons (Fsp3) is 0.310. The van der Waals surface area contributed by atoms with Gasteiger partial charge in [0.05, 0.1) is 11.9 Å². The van der Waals surface area contributed by atoms with Gasteiger partial charge in [-0.05, 0) is 68.7 Å². The summed E-state index contributed by atoms with van der Waals surface area (Å²) >= 11 is 0. The van der Waals surface area contributed by atoms with Gasteiger partial charge in [0.1, 0.15) is 17.2 Å². The molecule has 1 saturated heterocycles. The van der Waals surface area contributed by atoms with Crippen molar-refractivity contribution in [2.24, 2.45) is 0 Å². The predicted octanol–water partition coefficient (Wildman–Crippen LogP) is 5.20. The van der Waals surface area contributed by atoms with Crippen LogP contribution in [0.1, 0.15) is 54.0 Å². The van der Waals surface area contributed by atoms with E-state index in [9.17, 15) is 14.0 Å². The van der Waals surface area contributed by atoms with Gasteiger partial charge >= 0.3 is 0 Å². The van der Waals surface area contributed by atoms with Crippen LogP contribution in [-0.4, -0.2) is 56.3 Å². The largest absolute Gasteiger partial charge is 0.351 e. The van der Waals surface area contributed by atoms with Gasteiger partial charge in [0.25, 0.3) is 11.8 Å². The molecule has 1 aliphatic heterocycles. The number of nitrogens with one attached hydrogen (secondary N) is 2. The average Bonchev–Trinajstić information content (AvgIpc) is 3.35. The van der Waals surface area contributed by atoms with Crippen LogP contribution in [0.25, 0.3) is 16.8 Å². The second kappa shape index (κ2) is 12.4. The summed E-state index contributed by atoms with van der Waals surface area (Å²) in [6.45, 7) is 5.69. The molecule has 0 bridgehead atoms. The van der Waals surface area contributed by atoms with Crippen molar-refractivity contribution < 1.29 is 14.0 Å². The van der Waals surface area contributed by atoms with Gasteiger partial charge in [-0.15, -0.1) is 12.4 Å². The second-order valence-corrected chi connectivity index (χ2v) is 9.80. The number of benzene rings is 1. The van der Waals surface area contributed by atoms with E-state index in [4.69, 9.17) is 0 Å². The third kappa shape index (κ3) is 6.26. The van der Waals surface area contributed by atoms with E-state index in [2.05, 4.69) is 39.3 Å². The lowest BCUT2D eigenvalue weighted by Crippen LogP contribution is -2.47. The minimum absolute atomic E-state index is 0. The highest BCUT2D eigenvalue weighted by molar-refractivity contribution is 6.04. The molecule has 8 nitrogen and oxygen atoms in total. The first-order valence-corrected chi connectivity index (χ1v) is 12.9. The molecule has 4 aromatic rings. The maximum absolute atomic E-state index is 14.6. The standard InChI is InChI=1S/C29H31FN6O2.ClH/c1-19-5-3-6-20(2)35(19)14-12-32-28(37)22-8-9-24(30)25(15-22)34-29(38)26-18-33-27-16-21(10-13-36(26)27)23-7-4-11-31-17-23;/h4,7-11,13,15-20H,3,5-6,12,14H2,1-2H3,(H,32,37)(H,34,38);1H/t19-,20+;. The third-order valence-electron chi connectivity index (χ3n) is 7.25. The van der Waals surface area contributed by atoms with Gasteiger partial charge in [-0.3, -0.25) is 23.9 Å². The number of amides is 2. The number of nitrogens with zero attached hydrogens (tertiary/aromatic N) is 4. The van der Waals surface area contributed by atoms with Crippen LogP contribution in [0.2, 0.25) is 0 Å². The lowest BCUT2D eigenvalue weighted by Gasteiger charge is -2.39. The Balaban J connectivity index is 0.00000353. The van der Waals surface area contributed by atoms with Gasteiger partial charge in [0.15, 0.2) is 0 Å².